The summed E-state index contributed by atoms with van der Waals surface area (Å²) in [6, 6.07) is 1.88. The summed E-state index contributed by atoms with van der Waals surface area (Å²) in [6.07, 6.45) is 0.881. The van der Waals surface area contributed by atoms with E-state index in [2.05, 4.69) is 10.2 Å². The van der Waals surface area contributed by atoms with Gasteiger partial charge < -0.3 is 11.6 Å². The molecule has 0 atom stereocenters. The number of hydrogen-bond acceptors (Lipinski definition) is 3. The first kappa shape index (κ1) is 8.58. The first-order valence-corrected chi connectivity index (χ1v) is 3.75. The average Bonchev–Trinajstić information content (AvgIpc) is 2.45. The Morgan fingerprint density at radius 1 is 1.75 bits per heavy atom. The summed E-state index contributed by atoms with van der Waals surface area (Å²) in [6.45, 7) is 2.03. The number of hydrazone groups is 1. The number of nitrogens with two attached hydrogens (primary N) is 2. The number of aryl methyl sites for hydroxylation is 2. The zero-order valence-electron chi connectivity index (χ0n) is 7.28. The van der Waals surface area contributed by atoms with Crippen molar-refractivity contribution in [1.29, 1.82) is 0 Å². The van der Waals surface area contributed by atoms with Crippen molar-refractivity contribution in [2.45, 2.75) is 13.3 Å². The molecule has 0 radical (unpaired) electrons. The number of hydrogen-bond donors (Lipinski definition) is 2. The number of amidine groups is 1. The molecule has 1 aromatic heterocycles. The van der Waals surface area contributed by atoms with E-state index in [0.717, 1.165) is 17.8 Å². The van der Waals surface area contributed by atoms with Gasteiger partial charge in [-0.25, -0.2) is 0 Å². The van der Waals surface area contributed by atoms with Crippen LogP contribution in [0.15, 0.2) is 11.2 Å². The summed E-state index contributed by atoms with van der Waals surface area (Å²) >= 11 is 0. The Labute approximate surface area is 71.0 Å². The van der Waals surface area contributed by atoms with Gasteiger partial charge in [0, 0.05) is 7.05 Å². The lowest BCUT2D eigenvalue weighted by Gasteiger charge is -1.96. The number of aromatic nitrogens is 2. The Bertz CT molecular complexity index is 299. The molecule has 0 saturated heterocycles. The Balaban J connectivity index is 3.08. The van der Waals surface area contributed by atoms with Gasteiger partial charge in [0.25, 0.3) is 0 Å². The number of rotatable bonds is 2. The largest absolute Gasteiger partial charge is 0.381 e. The van der Waals surface area contributed by atoms with Crippen LogP contribution >= 0.6 is 0 Å². The Morgan fingerprint density at radius 3 is 2.83 bits per heavy atom. The Hall–Kier alpha value is -1.52. The van der Waals surface area contributed by atoms with E-state index in [0.29, 0.717) is 5.84 Å². The van der Waals surface area contributed by atoms with Crippen molar-refractivity contribution in [2.75, 3.05) is 0 Å². The van der Waals surface area contributed by atoms with Crippen LogP contribution in [0.1, 0.15) is 18.3 Å². The lowest BCUT2D eigenvalue weighted by atomic mass is 10.3. The van der Waals surface area contributed by atoms with Crippen LogP contribution in [0, 0.1) is 0 Å². The molecule has 1 rings (SSSR count). The predicted molar refractivity (Wildman–Crippen MR) is 47.5 cm³/mol. The second-order valence-corrected chi connectivity index (χ2v) is 2.51. The van der Waals surface area contributed by atoms with Crippen LogP contribution in [0.2, 0.25) is 0 Å². The molecule has 0 aliphatic heterocycles. The monoisotopic (exact) mass is 167 g/mol. The molecule has 0 amide bonds. The van der Waals surface area contributed by atoms with Crippen LogP contribution in [0.5, 0.6) is 0 Å². The molecule has 5 nitrogen and oxygen atoms in total. The summed E-state index contributed by atoms with van der Waals surface area (Å²) in [4.78, 5) is 0. The third-order valence-electron chi connectivity index (χ3n) is 1.69. The molecule has 0 aliphatic rings. The highest BCUT2D eigenvalue weighted by molar-refractivity contribution is 5.95. The minimum absolute atomic E-state index is 0.310. The maximum atomic E-state index is 5.53. The van der Waals surface area contributed by atoms with E-state index < -0.39 is 0 Å². The van der Waals surface area contributed by atoms with Crippen LogP contribution in [0.4, 0.5) is 0 Å². The Morgan fingerprint density at radius 2 is 2.42 bits per heavy atom. The highest BCUT2D eigenvalue weighted by Gasteiger charge is 2.06. The topological polar surface area (TPSA) is 82.2 Å². The summed E-state index contributed by atoms with van der Waals surface area (Å²) < 4.78 is 1.67. The van der Waals surface area contributed by atoms with Gasteiger partial charge in [-0.15, -0.1) is 0 Å². The van der Waals surface area contributed by atoms with Crippen molar-refractivity contribution in [3.05, 3.63) is 17.5 Å². The molecular weight excluding hydrogens is 154 g/mol. The molecule has 1 heterocycles. The molecule has 0 bridgehead atoms. The van der Waals surface area contributed by atoms with E-state index >= 15 is 0 Å². The van der Waals surface area contributed by atoms with Crippen LogP contribution in [0.3, 0.4) is 0 Å². The molecule has 0 saturated carbocycles. The molecule has 66 valence electrons. The van der Waals surface area contributed by atoms with Crippen molar-refractivity contribution in [3.63, 3.8) is 0 Å². The predicted octanol–water partition coefficient (Wildman–Crippen LogP) is -0.438. The fourth-order valence-corrected chi connectivity index (χ4v) is 1.01. The molecule has 12 heavy (non-hydrogen) atoms. The second kappa shape index (κ2) is 3.25. The van der Waals surface area contributed by atoms with Crippen LogP contribution in [-0.2, 0) is 13.5 Å². The van der Waals surface area contributed by atoms with Gasteiger partial charge in [-0.1, -0.05) is 6.92 Å². The summed E-state index contributed by atoms with van der Waals surface area (Å²) in [5.74, 6) is 5.36. The standard InChI is InChI=1S/C7H13N5/c1-3-5-4-6(7(8)10-9)12(2)11-5/h4H,3,9H2,1-2H3,(H2,8,10). The zero-order chi connectivity index (χ0) is 9.14. The van der Waals surface area contributed by atoms with E-state index in [9.17, 15) is 0 Å². The van der Waals surface area contributed by atoms with Crippen molar-refractivity contribution < 1.29 is 0 Å². The van der Waals surface area contributed by atoms with Gasteiger partial charge in [0.1, 0.15) is 5.69 Å². The molecule has 0 aromatic carbocycles. The summed E-state index contributed by atoms with van der Waals surface area (Å²) in [7, 11) is 1.81. The molecular formula is C7H13N5. The summed E-state index contributed by atoms with van der Waals surface area (Å²) in [5, 5.41) is 7.60. The normalized spacial score (nSPS) is 12.0. The maximum absolute atomic E-state index is 5.53. The van der Waals surface area contributed by atoms with Crippen LogP contribution in [-0.4, -0.2) is 15.6 Å². The zero-order valence-corrected chi connectivity index (χ0v) is 7.28. The van der Waals surface area contributed by atoms with Crippen LogP contribution in [0.25, 0.3) is 0 Å². The van der Waals surface area contributed by atoms with E-state index in [1.807, 2.05) is 20.0 Å². The van der Waals surface area contributed by atoms with Gasteiger partial charge in [-0.05, 0) is 12.5 Å². The summed E-state index contributed by atoms with van der Waals surface area (Å²) in [5.41, 5.74) is 7.27. The lowest BCUT2D eigenvalue weighted by Crippen LogP contribution is -2.19. The van der Waals surface area contributed by atoms with E-state index in [1.54, 1.807) is 4.68 Å². The molecule has 0 unspecified atom stereocenters. The molecule has 1 aromatic rings. The SMILES string of the molecule is CCc1cc(C(N)=NN)n(C)n1. The van der Waals surface area contributed by atoms with Gasteiger partial charge in [0.2, 0.25) is 0 Å². The van der Waals surface area contributed by atoms with Gasteiger partial charge in [0.15, 0.2) is 5.84 Å². The quantitative estimate of drug-likeness (QED) is 0.271. The third-order valence-corrected chi connectivity index (χ3v) is 1.69. The van der Waals surface area contributed by atoms with Gasteiger partial charge >= 0.3 is 0 Å². The molecule has 0 spiro atoms. The van der Waals surface area contributed by atoms with E-state index in [1.165, 1.54) is 0 Å². The molecule has 0 aliphatic carbocycles. The fourth-order valence-electron chi connectivity index (χ4n) is 1.01. The lowest BCUT2D eigenvalue weighted by molar-refractivity contribution is 0.738. The van der Waals surface area contributed by atoms with Crippen molar-refractivity contribution in [3.8, 4) is 0 Å². The fraction of sp³-hybridized carbons (Fsp3) is 0.429. The first-order valence-electron chi connectivity index (χ1n) is 3.75. The van der Waals surface area contributed by atoms with Crippen molar-refractivity contribution in [1.82, 2.24) is 9.78 Å². The highest BCUT2D eigenvalue weighted by Crippen LogP contribution is 2.02. The molecule has 0 fully saturated rings. The van der Waals surface area contributed by atoms with Crippen LogP contribution < -0.4 is 11.6 Å². The maximum Gasteiger partial charge on any atom is 0.168 e. The average molecular weight is 167 g/mol. The van der Waals surface area contributed by atoms with Crippen molar-refractivity contribution in [2.24, 2.45) is 23.7 Å². The minimum atomic E-state index is 0.310. The minimum Gasteiger partial charge on any atom is -0.381 e. The van der Waals surface area contributed by atoms with Gasteiger partial charge in [-0.2, -0.15) is 10.2 Å². The van der Waals surface area contributed by atoms with E-state index in [-0.39, 0.29) is 0 Å². The van der Waals surface area contributed by atoms with Gasteiger partial charge in [0.05, 0.1) is 5.69 Å². The molecule has 4 N–H and O–H groups in total. The second-order valence-electron chi connectivity index (χ2n) is 2.51. The van der Waals surface area contributed by atoms with Crippen molar-refractivity contribution >= 4 is 5.84 Å². The van der Waals surface area contributed by atoms with E-state index in [4.69, 9.17) is 11.6 Å². The first-order chi connectivity index (χ1) is 5.69. The highest BCUT2D eigenvalue weighted by atomic mass is 15.3. The third kappa shape index (κ3) is 1.39. The van der Waals surface area contributed by atoms with Gasteiger partial charge in [-0.3, -0.25) is 4.68 Å². The molecule has 5 heteroatoms. The smallest absolute Gasteiger partial charge is 0.168 e. The number of nitrogens with zero attached hydrogens (tertiary/aromatic N) is 3. The Kier molecular flexibility index (Phi) is 2.32.